The molecule has 0 radical (unpaired) electrons. The summed E-state index contributed by atoms with van der Waals surface area (Å²) in [6.45, 7) is 9.18. The van der Waals surface area contributed by atoms with E-state index in [4.69, 9.17) is 4.74 Å². The first-order valence-electron chi connectivity index (χ1n) is 7.67. The molecular formula is C16H32O2. The molecule has 0 bridgehead atoms. The highest BCUT2D eigenvalue weighted by atomic mass is 16.5. The maximum absolute atomic E-state index is 10.4. The fourth-order valence-electron chi connectivity index (χ4n) is 1.98. The van der Waals surface area contributed by atoms with Gasteiger partial charge >= 0.3 is 5.97 Å². The molecule has 1 fully saturated rings. The Labute approximate surface area is 113 Å². The van der Waals surface area contributed by atoms with E-state index in [1.165, 1.54) is 51.4 Å². The molecule has 0 atom stereocenters. The average molecular weight is 256 g/mol. The van der Waals surface area contributed by atoms with E-state index >= 15 is 0 Å². The van der Waals surface area contributed by atoms with Gasteiger partial charge in [0.15, 0.2) is 0 Å². The largest absolute Gasteiger partial charge is 0.465 e. The Kier molecular flexibility index (Phi) is 10.1. The highest BCUT2D eigenvalue weighted by Gasteiger charge is 2.30. The van der Waals surface area contributed by atoms with Gasteiger partial charge in [-0.1, -0.05) is 79.1 Å². The van der Waals surface area contributed by atoms with Gasteiger partial charge in [-0.25, -0.2) is 0 Å². The number of unbranched alkanes of at least 4 members (excludes halogenated alkanes) is 7. The maximum Gasteiger partial charge on any atom is 0.306 e. The van der Waals surface area contributed by atoms with Crippen molar-refractivity contribution in [3.8, 4) is 0 Å². The molecule has 0 aromatic rings. The Bertz CT molecular complexity index is 201. The van der Waals surface area contributed by atoms with Gasteiger partial charge < -0.3 is 4.74 Å². The summed E-state index contributed by atoms with van der Waals surface area (Å²) in [5.41, 5.74) is 0.0943. The minimum Gasteiger partial charge on any atom is -0.465 e. The topological polar surface area (TPSA) is 26.3 Å². The number of cyclic esters (lactones) is 1. The molecule has 0 aliphatic carbocycles. The molecule has 1 saturated heterocycles. The molecule has 108 valence electrons. The lowest BCUT2D eigenvalue weighted by atomic mass is 9.93. The lowest BCUT2D eigenvalue weighted by Gasteiger charge is -2.09. The Balaban J connectivity index is 0.000000327. The van der Waals surface area contributed by atoms with Crippen molar-refractivity contribution in [1.82, 2.24) is 0 Å². The summed E-state index contributed by atoms with van der Waals surface area (Å²) in [4.78, 5) is 10.4. The molecule has 0 amide bonds. The predicted octanol–water partition coefficient (Wildman–Crippen LogP) is 5.11. The van der Waals surface area contributed by atoms with E-state index in [0.29, 0.717) is 13.0 Å². The molecule has 1 aliphatic rings. The van der Waals surface area contributed by atoms with Crippen molar-refractivity contribution in [2.45, 2.75) is 85.5 Å². The van der Waals surface area contributed by atoms with Crippen LogP contribution in [0.3, 0.4) is 0 Å². The van der Waals surface area contributed by atoms with Crippen LogP contribution in [0.4, 0.5) is 0 Å². The van der Waals surface area contributed by atoms with Crippen molar-refractivity contribution in [3.63, 3.8) is 0 Å². The van der Waals surface area contributed by atoms with Crippen LogP contribution in [0.2, 0.25) is 0 Å². The second-order valence-corrected chi connectivity index (χ2v) is 6.12. The van der Waals surface area contributed by atoms with Crippen molar-refractivity contribution in [2.24, 2.45) is 5.41 Å². The monoisotopic (exact) mass is 256 g/mol. The van der Waals surface area contributed by atoms with E-state index in [1.54, 1.807) is 0 Å². The Morgan fingerprint density at radius 3 is 1.61 bits per heavy atom. The lowest BCUT2D eigenvalue weighted by Crippen LogP contribution is -2.08. The normalized spacial score (nSPS) is 17.0. The summed E-state index contributed by atoms with van der Waals surface area (Å²) in [7, 11) is 0. The predicted molar refractivity (Wildman–Crippen MR) is 77.6 cm³/mol. The first-order chi connectivity index (χ1) is 8.52. The van der Waals surface area contributed by atoms with E-state index < -0.39 is 0 Å². The minimum absolute atomic E-state index is 0.0602. The van der Waals surface area contributed by atoms with E-state index in [2.05, 4.69) is 13.8 Å². The molecule has 0 aromatic heterocycles. The van der Waals surface area contributed by atoms with Gasteiger partial charge in [0.05, 0.1) is 13.0 Å². The summed E-state index contributed by atoms with van der Waals surface area (Å²) in [6, 6.07) is 0. The van der Waals surface area contributed by atoms with Gasteiger partial charge in [0.2, 0.25) is 0 Å². The zero-order chi connectivity index (χ0) is 13.9. The molecule has 0 unspecified atom stereocenters. The van der Waals surface area contributed by atoms with Crippen LogP contribution in [0, 0.1) is 5.41 Å². The van der Waals surface area contributed by atoms with Crippen molar-refractivity contribution in [2.75, 3.05) is 6.61 Å². The molecule has 18 heavy (non-hydrogen) atoms. The summed E-state index contributed by atoms with van der Waals surface area (Å²) < 4.78 is 4.73. The molecule has 2 heteroatoms. The van der Waals surface area contributed by atoms with Crippen LogP contribution in [0.1, 0.15) is 85.5 Å². The third-order valence-electron chi connectivity index (χ3n) is 3.20. The van der Waals surface area contributed by atoms with Gasteiger partial charge in [0.1, 0.15) is 0 Å². The first-order valence-corrected chi connectivity index (χ1v) is 7.67. The van der Waals surface area contributed by atoms with Gasteiger partial charge in [0, 0.05) is 5.41 Å². The zero-order valence-corrected chi connectivity index (χ0v) is 12.9. The second-order valence-electron chi connectivity index (χ2n) is 6.12. The number of rotatable bonds is 7. The van der Waals surface area contributed by atoms with E-state index in [9.17, 15) is 4.79 Å². The number of carbonyl (C=O) groups is 1. The Hall–Kier alpha value is -0.530. The van der Waals surface area contributed by atoms with Crippen LogP contribution in [-0.2, 0) is 9.53 Å². The van der Waals surface area contributed by atoms with Crippen molar-refractivity contribution in [3.05, 3.63) is 0 Å². The SMILES string of the molecule is CC1(C)COC(=O)C1.CCCCCCCCCC. The summed E-state index contributed by atoms with van der Waals surface area (Å²) in [6.07, 6.45) is 12.0. The number of esters is 1. The molecule has 0 spiro atoms. The molecule has 1 aliphatic heterocycles. The van der Waals surface area contributed by atoms with Crippen molar-refractivity contribution < 1.29 is 9.53 Å². The third-order valence-corrected chi connectivity index (χ3v) is 3.20. The van der Waals surface area contributed by atoms with Gasteiger partial charge in [-0.15, -0.1) is 0 Å². The highest BCUT2D eigenvalue weighted by molar-refractivity contribution is 5.72. The molecule has 2 nitrogen and oxygen atoms in total. The van der Waals surface area contributed by atoms with E-state index in [-0.39, 0.29) is 11.4 Å². The van der Waals surface area contributed by atoms with Crippen LogP contribution in [0.5, 0.6) is 0 Å². The minimum atomic E-state index is -0.0602. The number of ether oxygens (including phenoxy) is 1. The van der Waals surface area contributed by atoms with Crippen LogP contribution in [0.25, 0.3) is 0 Å². The molecule has 1 heterocycles. The number of hydrogen-bond acceptors (Lipinski definition) is 2. The third kappa shape index (κ3) is 10.6. The fourth-order valence-corrected chi connectivity index (χ4v) is 1.98. The Morgan fingerprint density at radius 2 is 1.39 bits per heavy atom. The quantitative estimate of drug-likeness (QED) is 0.467. The van der Waals surface area contributed by atoms with Gasteiger partial charge in [-0.2, -0.15) is 0 Å². The molecule has 1 rings (SSSR count). The van der Waals surface area contributed by atoms with Gasteiger partial charge in [-0.3, -0.25) is 4.79 Å². The van der Waals surface area contributed by atoms with Crippen LogP contribution >= 0.6 is 0 Å². The van der Waals surface area contributed by atoms with Gasteiger partial charge in [-0.05, 0) is 0 Å². The van der Waals surface area contributed by atoms with Crippen LogP contribution < -0.4 is 0 Å². The fraction of sp³-hybridized carbons (Fsp3) is 0.938. The van der Waals surface area contributed by atoms with Gasteiger partial charge in [0.25, 0.3) is 0 Å². The second kappa shape index (κ2) is 10.4. The summed E-state index contributed by atoms with van der Waals surface area (Å²) in [5, 5.41) is 0. The summed E-state index contributed by atoms with van der Waals surface area (Å²) >= 11 is 0. The molecular weight excluding hydrogens is 224 g/mol. The zero-order valence-electron chi connectivity index (χ0n) is 12.9. The molecule has 0 aromatic carbocycles. The van der Waals surface area contributed by atoms with E-state index in [0.717, 1.165) is 0 Å². The summed E-state index contributed by atoms with van der Waals surface area (Å²) in [5.74, 6) is -0.0602. The van der Waals surface area contributed by atoms with Crippen LogP contribution in [0.15, 0.2) is 0 Å². The number of hydrogen-bond donors (Lipinski definition) is 0. The van der Waals surface area contributed by atoms with Crippen molar-refractivity contribution >= 4 is 5.97 Å². The number of carbonyl (C=O) groups excluding carboxylic acids is 1. The van der Waals surface area contributed by atoms with Crippen LogP contribution in [-0.4, -0.2) is 12.6 Å². The molecule has 0 saturated carbocycles. The Morgan fingerprint density at radius 1 is 0.944 bits per heavy atom. The molecule has 0 N–H and O–H groups in total. The standard InChI is InChI=1S/C10H22.C6H10O2/c1-3-5-7-9-10-8-6-4-2;1-6(2)3-5(7)8-4-6/h3-10H2,1-2H3;3-4H2,1-2H3. The lowest BCUT2D eigenvalue weighted by molar-refractivity contribution is -0.137. The van der Waals surface area contributed by atoms with Crippen molar-refractivity contribution in [1.29, 1.82) is 0 Å². The maximum atomic E-state index is 10.4. The average Bonchev–Trinajstić information content (AvgIpc) is 2.62. The smallest absolute Gasteiger partial charge is 0.306 e. The first kappa shape index (κ1) is 17.5. The van der Waals surface area contributed by atoms with E-state index in [1.807, 2.05) is 13.8 Å². The highest BCUT2D eigenvalue weighted by Crippen LogP contribution is 2.26.